The topological polar surface area (TPSA) is 30.0 Å². The number of hydrogen-bond donors (Lipinski definition) is 0. The Morgan fingerprint density at radius 3 is 1.69 bits per heavy atom. The lowest BCUT2D eigenvalue weighted by Gasteiger charge is -1.99. The van der Waals surface area contributed by atoms with Crippen LogP contribution in [0.2, 0.25) is 0 Å². The number of nitrogens with zero attached hydrogens (tertiary/aromatic N) is 1. The van der Waals surface area contributed by atoms with Gasteiger partial charge in [-0.15, -0.1) is 0 Å². The van der Waals surface area contributed by atoms with Crippen molar-refractivity contribution < 1.29 is 4.79 Å². The summed E-state index contributed by atoms with van der Waals surface area (Å²) < 4.78 is 0. The molecule has 0 spiro atoms. The lowest BCUT2D eigenvalue weighted by molar-refractivity contribution is -0.0979. The Kier molecular flexibility index (Phi) is 2.92. The van der Waals surface area contributed by atoms with Crippen molar-refractivity contribution in [3.05, 3.63) is 54.6 Å². The summed E-state index contributed by atoms with van der Waals surface area (Å²) in [4.78, 5) is 12.6. The second kappa shape index (κ2) is 4.53. The van der Waals surface area contributed by atoms with E-state index < -0.39 is 0 Å². The number of para-hydroxylation sites is 2. The first-order valence-electron chi connectivity index (χ1n) is 4.97. The van der Waals surface area contributed by atoms with Crippen LogP contribution in [0, 0.1) is 0 Å². The Labute approximate surface area is 93.5 Å². The van der Waals surface area contributed by atoms with Gasteiger partial charge in [0.1, 0.15) is 6.79 Å². The lowest BCUT2D eigenvalue weighted by Crippen LogP contribution is -1.80. The average Bonchev–Trinajstić information content (AvgIpc) is 2.38. The molecule has 0 fully saturated rings. The van der Waals surface area contributed by atoms with Crippen LogP contribution in [0.3, 0.4) is 0 Å². The first kappa shape index (κ1) is 10.3. The van der Waals surface area contributed by atoms with Gasteiger partial charge < -0.3 is 4.79 Å². The van der Waals surface area contributed by atoms with Gasteiger partial charge in [0, 0.05) is 10.8 Å². The van der Waals surface area contributed by atoms with Crippen LogP contribution in [0.1, 0.15) is 0 Å². The second-order valence-corrected chi connectivity index (χ2v) is 3.37. The normalized spacial score (nSPS) is 9.75. The van der Waals surface area contributed by atoms with Crippen molar-refractivity contribution in [1.82, 2.24) is 4.98 Å². The van der Waals surface area contributed by atoms with Gasteiger partial charge in [-0.3, -0.25) is 0 Å². The summed E-state index contributed by atoms with van der Waals surface area (Å²) in [6.45, 7) is 2.00. The molecule has 2 heteroatoms. The molecule has 0 atom stereocenters. The zero-order valence-corrected chi connectivity index (χ0v) is 8.76. The van der Waals surface area contributed by atoms with E-state index >= 15 is 0 Å². The third-order valence-electron chi connectivity index (χ3n) is 2.43. The van der Waals surface area contributed by atoms with Crippen LogP contribution in [-0.4, -0.2) is 11.8 Å². The molecular formula is C14H11NO. The highest BCUT2D eigenvalue weighted by Gasteiger charge is 1.96. The van der Waals surface area contributed by atoms with Crippen molar-refractivity contribution in [2.75, 3.05) is 0 Å². The molecule has 0 aliphatic heterocycles. The molecule has 0 aliphatic rings. The molecule has 16 heavy (non-hydrogen) atoms. The molecule has 0 amide bonds. The highest BCUT2D eigenvalue weighted by atomic mass is 16.1. The molecule has 0 saturated heterocycles. The van der Waals surface area contributed by atoms with E-state index in [9.17, 15) is 0 Å². The number of rotatable bonds is 0. The monoisotopic (exact) mass is 209 g/mol. The molecule has 78 valence electrons. The minimum absolute atomic E-state index is 1.06. The number of fused-ring (bicyclic) bond motifs is 2. The highest BCUT2D eigenvalue weighted by Crippen LogP contribution is 2.18. The van der Waals surface area contributed by atoms with Crippen molar-refractivity contribution in [1.29, 1.82) is 0 Å². The van der Waals surface area contributed by atoms with E-state index in [0.717, 1.165) is 11.0 Å². The molecule has 0 aliphatic carbocycles. The van der Waals surface area contributed by atoms with E-state index in [1.54, 1.807) is 0 Å². The fourth-order valence-corrected chi connectivity index (χ4v) is 1.72. The molecule has 1 aromatic heterocycles. The predicted octanol–water partition coefficient (Wildman–Crippen LogP) is 3.20. The number of aromatic nitrogens is 1. The molecule has 0 saturated carbocycles. The zero-order chi connectivity index (χ0) is 11.4. The fourth-order valence-electron chi connectivity index (χ4n) is 1.72. The number of benzene rings is 2. The van der Waals surface area contributed by atoms with E-state index in [2.05, 4.69) is 23.2 Å². The summed E-state index contributed by atoms with van der Waals surface area (Å²) in [5.41, 5.74) is 2.12. The van der Waals surface area contributed by atoms with Gasteiger partial charge in [0.05, 0.1) is 11.0 Å². The van der Waals surface area contributed by atoms with Gasteiger partial charge >= 0.3 is 0 Å². The molecule has 0 radical (unpaired) electrons. The van der Waals surface area contributed by atoms with Crippen LogP contribution in [-0.2, 0) is 4.79 Å². The molecule has 0 bridgehead atoms. The smallest absolute Gasteiger partial charge is 0.106 e. The summed E-state index contributed by atoms with van der Waals surface area (Å²) in [5.74, 6) is 0. The molecule has 2 nitrogen and oxygen atoms in total. The van der Waals surface area contributed by atoms with Crippen molar-refractivity contribution in [3.8, 4) is 0 Å². The van der Waals surface area contributed by atoms with Gasteiger partial charge in [0.15, 0.2) is 0 Å². The van der Waals surface area contributed by atoms with Crippen molar-refractivity contribution in [2.24, 2.45) is 0 Å². The third kappa shape index (κ3) is 1.77. The first-order chi connectivity index (χ1) is 7.93. The van der Waals surface area contributed by atoms with Crippen molar-refractivity contribution >= 4 is 28.6 Å². The average molecular weight is 209 g/mol. The minimum atomic E-state index is 1.06. The van der Waals surface area contributed by atoms with Gasteiger partial charge in [-0.1, -0.05) is 36.4 Å². The van der Waals surface area contributed by atoms with E-state index in [1.165, 1.54) is 10.8 Å². The molecule has 3 aromatic rings. The number of pyridine rings is 1. The van der Waals surface area contributed by atoms with Gasteiger partial charge in [-0.25, -0.2) is 4.98 Å². The zero-order valence-electron chi connectivity index (χ0n) is 8.76. The Morgan fingerprint density at radius 2 is 1.19 bits per heavy atom. The van der Waals surface area contributed by atoms with Gasteiger partial charge in [0.25, 0.3) is 0 Å². The standard InChI is InChI=1S/C13H9N.CH2O/c1-3-7-12-10(5-1)9-11-6-2-4-8-13(11)14-12;1-2/h1-9H;1H2. The first-order valence-corrected chi connectivity index (χ1v) is 4.97. The van der Waals surface area contributed by atoms with Crippen molar-refractivity contribution in [2.45, 2.75) is 0 Å². The van der Waals surface area contributed by atoms with Gasteiger partial charge in [0.2, 0.25) is 0 Å². The Hall–Kier alpha value is -2.22. The number of carbonyl (C=O) groups excluding carboxylic acids is 1. The number of hydrogen-bond acceptors (Lipinski definition) is 2. The highest BCUT2D eigenvalue weighted by molar-refractivity contribution is 5.92. The van der Waals surface area contributed by atoms with Crippen LogP contribution < -0.4 is 0 Å². The quantitative estimate of drug-likeness (QED) is 0.532. The second-order valence-electron chi connectivity index (χ2n) is 3.37. The predicted molar refractivity (Wildman–Crippen MR) is 66.4 cm³/mol. The maximum Gasteiger partial charge on any atom is 0.106 e. The van der Waals surface area contributed by atoms with Crippen LogP contribution >= 0.6 is 0 Å². The van der Waals surface area contributed by atoms with Crippen LogP contribution in [0.25, 0.3) is 21.8 Å². The summed E-state index contributed by atoms with van der Waals surface area (Å²) in [6.07, 6.45) is 0. The molecular weight excluding hydrogens is 198 g/mol. The van der Waals surface area contributed by atoms with Crippen LogP contribution in [0.5, 0.6) is 0 Å². The van der Waals surface area contributed by atoms with E-state index in [-0.39, 0.29) is 0 Å². The summed E-state index contributed by atoms with van der Waals surface area (Å²) in [6, 6.07) is 18.6. The van der Waals surface area contributed by atoms with Gasteiger partial charge in [-0.05, 0) is 18.2 Å². The maximum atomic E-state index is 8.00. The molecule has 0 unspecified atom stereocenters. The largest absolute Gasteiger partial charge is 0.307 e. The van der Waals surface area contributed by atoms with Crippen LogP contribution in [0.15, 0.2) is 54.6 Å². The van der Waals surface area contributed by atoms with Crippen LogP contribution in [0.4, 0.5) is 0 Å². The number of carbonyl (C=O) groups is 1. The molecule has 2 aromatic carbocycles. The Bertz CT molecular complexity index is 514. The van der Waals surface area contributed by atoms with Crippen molar-refractivity contribution in [3.63, 3.8) is 0 Å². The summed E-state index contributed by atoms with van der Waals surface area (Å²) >= 11 is 0. The van der Waals surface area contributed by atoms with E-state index in [0.29, 0.717) is 0 Å². The van der Waals surface area contributed by atoms with E-state index in [4.69, 9.17) is 4.79 Å². The molecule has 0 N–H and O–H groups in total. The Morgan fingerprint density at radius 1 is 0.750 bits per heavy atom. The summed E-state index contributed by atoms with van der Waals surface area (Å²) in [7, 11) is 0. The minimum Gasteiger partial charge on any atom is -0.307 e. The Balaban J connectivity index is 0.000000457. The molecule has 1 heterocycles. The summed E-state index contributed by atoms with van der Waals surface area (Å²) in [5, 5.41) is 2.40. The maximum absolute atomic E-state index is 8.00. The fraction of sp³-hybridized carbons (Fsp3) is 0. The SMILES string of the molecule is C=O.c1ccc2nc3ccccc3cc2c1. The lowest BCUT2D eigenvalue weighted by atomic mass is 10.1. The van der Waals surface area contributed by atoms with Gasteiger partial charge in [-0.2, -0.15) is 0 Å². The third-order valence-corrected chi connectivity index (χ3v) is 2.43. The molecule has 3 rings (SSSR count). The van der Waals surface area contributed by atoms with E-state index in [1.807, 2.05) is 43.2 Å².